The van der Waals surface area contributed by atoms with Gasteiger partial charge in [0.1, 0.15) is 10.8 Å². The third-order valence-corrected chi connectivity index (χ3v) is 6.29. The first-order chi connectivity index (χ1) is 19.2. The van der Waals surface area contributed by atoms with Crippen LogP contribution in [-0.4, -0.2) is 40.7 Å². The summed E-state index contributed by atoms with van der Waals surface area (Å²) in [5.74, 6) is 1.87. The van der Waals surface area contributed by atoms with Crippen molar-refractivity contribution in [2.45, 2.75) is 11.1 Å². The summed E-state index contributed by atoms with van der Waals surface area (Å²) in [4.78, 5) is 31.5. The van der Waals surface area contributed by atoms with Gasteiger partial charge >= 0.3 is 6.18 Å². The lowest BCUT2D eigenvalue weighted by molar-refractivity contribution is -0.156. The van der Waals surface area contributed by atoms with Crippen molar-refractivity contribution in [3.05, 3.63) is 89.6 Å². The largest absolute Gasteiger partial charge is 0.493 e. The van der Waals surface area contributed by atoms with Crippen LogP contribution in [0.15, 0.2) is 83.9 Å². The number of amides is 1. The number of nitrogens with zero attached hydrogens (tertiary/aromatic N) is 2. The Morgan fingerprint density at radius 1 is 1.02 bits per heavy atom. The molecule has 40 heavy (non-hydrogen) atoms. The van der Waals surface area contributed by atoms with Gasteiger partial charge in [0, 0.05) is 39.3 Å². The number of aldehydes is 1. The Labute approximate surface area is 236 Å². The van der Waals surface area contributed by atoms with Crippen LogP contribution < -0.4 is 20.7 Å². The van der Waals surface area contributed by atoms with E-state index in [1.165, 1.54) is 6.20 Å². The number of para-hydroxylation sites is 1. The van der Waals surface area contributed by atoms with Gasteiger partial charge in [0.25, 0.3) is 5.91 Å². The third kappa shape index (κ3) is 8.61. The van der Waals surface area contributed by atoms with E-state index in [2.05, 4.69) is 25.9 Å². The number of rotatable bonds is 2. The minimum Gasteiger partial charge on any atom is -0.493 e. The SMILES string of the molecule is O=C(Nc1ccccc1)c1cc2cc(c1)OCCSc1cccc(c1)Nc1nc(ncc1Cl)N2.O=CC(F)(F)F. The number of anilines is 5. The zero-order valence-electron chi connectivity index (χ0n) is 20.5. The van der Waals surface area contributed by atoms with E-state index in [1.807, 2.05) is 60.7 Å². The van der Waals surface area contributed by atoms with Gasteiger partial charge in [-0.15, -0.1) is 11.8 Å². The Balaban J connectivity index is 0.000000557. The molecule has 1 amide bonds. The molecule has 1 aliphatic heterocycles. The second-order valence-corrected chi connectivity index (χ2v) is 9.67. The predicted molar refractivity (Wildman–Crippen MR) is 149 cm³/mol. The number of fused-ring (bicyclic) bond motifs is 6. The van der Waals surface area contributed by atoms with Crippen molar-refractivity contribution in [1.82, 2.24) is 9.97 Å². The summed E-state index contributed by atoms with van der Waals surface area (Å²) in [7, 11) is 0. The molecule has 3 aromatic carbocycles. The highest BCUT2D eigenvalue weighted by Crippen LogP contribution is 2.30. The number of thioether (sulfide) groups is 1. The maximum atomic E-state index is 12.9. The van der Waals surface area contributed by atoms with Gasteiger partial charge in [-0.1, -0.05) is 35.9 Å². The molecule has 13 heteroatoms. The fourth-order valence-corrected chi connectivity index (χ4v) is 4.30. The van der Waals surface area contributed by atoms with Crippen molar-refractivity contribution in [3.8, 4) is 5.75 Å². The second-order valence-electron chi connectivity index (χ2n) is 8.09. The van der Waals surface area contributed by atoms with E-state index < -0.39 is 12.5 Å². The average Bonchev–Trinajstić information content (AvgIpc) is 2.93. The van der Waals surface area contributed by atoms with E-state index in [9.17, 15) is 18.0 Å². The Hall–Kier alpha value is -4.29. The molecule has 0 unspecified atom stereocenters. The highest BCUT2D eigenvalue weighted by Gasteiger charge is 2.25. The number of aromatic nitrogens is 2. The minimum atomic E-state index is -4.64. The Bertz CT molecular complexity index is 1490. The van der Waals surface area contributed by atoms with Gasteiger partial charge in [-0.25, -0.2) is 4.98 Å². The number of hydrogen-bond donors (Lipinski definition) is 3. The molecule has 0 fully saturated rings. The van der Waals surface area contributed by atoms with Crippen molar-refractivity contribution in [3.63, 3.8) is 0 Å². The van der Waals surface area contributed by atoms with Gasteiger partial charge in [-0.05, 0) is 42.5 Å². The summed E-state index contributed by atoms with van der Waals surface area (Å²) in [5, 5.41) is 9.72. The van der Waals surface area contributed by atoms with Gasteiger partial charge in [-0.3, -0.25) is 9.59 Å². The molecule has 8 nitrogen and oxygen atoms in total. The number of hydrogen-bond acceptors (Lipinski definition) is 8. The topological polar surface area (TPSA) is 105 Å². The highest BCUT2D eigenvalue weighted by molar-refractivity contribution is 7.99. The molecule has 1 aromatic heterocycles. The number of carbonyl (C=O) groups excluding carboxylic acids is 2. The van der Waals surface area contributed by atoms with Crippen LogP contribution >= 0.6 is 23.4 Å². The Kier molecular flexibility index (Phi) is 9.46. The number of benzene rings is 3. The number of nitrogens with one attached hydrogen (secondary N) is 3. The average molecular weight is 588 g/mol. The predicted octanol–water partition coefficient (Wildman–Crippen LogP) is 7.10. The van der Waals surface area contributed by atoms with Gasteiger partial charge in [0.2, 0.25) is 12.2 Å². The van der Waals surface area contributed by atoms with Crippen LogP contribution in [0, 0.1) is 0 Å². The molecule has 0 saturated heterocycles. The van der Waals surface area contributed by atoms with Gasteiger partial charge < -0.3 is 20.7 Å². The molecule has 0 atom stereocenters. The Morgan fingerprint density at radius 3 is 2.55 bits per heavy atom. The monoisotopic (exact) mass is 587 g/mol. The fourth-order valence-electron chi connectivity index (χ4n) is 3.37. The van der Waals surface area contributed by atoms with Crippen LogP contribution in [0.3, 0.4) is 0 Å². The zero-order chi connectivity index (χ0) is 28.5. The van der Waals surface area contributed by atoms with Gasteiger partial charge in [0.15, 0.2) is 5.82 Å². The first-order valence-corrected chi connectivity index (χ1v) is 13.0. The van der Waals surface area contributed by atoms with Crippen LogP contribution in [0.5, 0.6) is 5.75 Å². The summed E-state index contributed by atoms with van der Waals surface area (Å²) in [6, 6.07) is 22.6. The van der Waals surface area contributed by atoms with Crippen molar-refractivity contribution in [1.29, 1.82) is 0 Å². The molecule has 0 saturated carbocycles. The van der Waals surface area contributed by atoms with Gasteiger partial charge in [-0.2, -0.15) is 18.2 Å². The fraction of sp³-hybridized carbons (Fsp3) is 0.111. The van der Waals surface area contributed by atoms with E-state index in [-0.39, 0.29) is 5.91 Å². The van der Waals surface area contributed by atoms with Crippen LogP contribution in [0.25, 0.3) is 0 Å². The van der Waals surface area contributed by atoms with Crippen molar-refractivity contribution in [2.24, 2.45) is 0 Å². The molecule has 4 aromatic rings. The van der Waals surface area contributed by atoms with Crippen LogP contribution in [0.1, 0.15) is 10.4 Å². The lowest BCUT2D eigenvalue weighted by atomic mass is 10.1. The molecule has 0 aliphatic carbocycles. The number of alkyl halides is 3. The van der Waals surface area contributed by atoms with Crippen molar-refractivity contribution in [2.75, 3.05) is 28.3 Å². The number of halogens is 4. The summed E-state index contributed by atoms with van der Waals surface area (Å²) < 4.78 is 37.2. The second kappa shape index (κ2) is 13.2. The smallest absolute Gasteiger partial charge is 0.446 e. The lowest BCUT2D eigenvalue weighted by Gasteiger charge is -2.13. The Morgan fingerprint density at radius 2 is 1.80 bits per heavy atom. The van der Waals surface area contributed by atoms with E-state index >= 15 is 0 Å². The summed E-state index contributed by atoms with van der Waals surface area (Å²) in [5.41, 5.74) is 2.64. The molecule has 0 spiro atoms. The first kappa shape index (κ1) is 28.7. The molecule has 2 heterocycles. The van der Waals surface area contributed by atoms with Crippen LogP contribution in [-0.2, 0) is 4.79 Å². The minimum absolute atomic E-state index is 0.248. The van der Waals surface area contributed by atoms with E-state index in [4.69, 9.17) is 21.1 Å². The van der Waals surface area contributed by atoms with E-state index in [1.54, 1.807) is 23.9 Å². The first-order valence-electron chi connectivity index (χ1n) is 11.7. The van der Waals surface area contributed by atoms with Crippen LogP contribution in [0.4, 0.5) is 42.0 Å². The molecule has 206 valence electrons. The summed E-state index contributed by atoms with van der Waals surface area (Å²) in [6.07, 6.45) is -4.17. The van der Waals surface area contributed by atoms with Crippen LogP contribution in [0.2, 0.25) is 5.02 Å². The quantitative estimate of drug-likeness (QED) is 0.213. The zero-order valence-corrected chi connectivity index (χ0v) is 22.1. The van der Waals surface area contributed by atoms with Crippen molar-refractivity contribution < 1.29 is 27.5 Å². The molecule has 0 radical (unpaired) electrons. The maximum absolute atomic E-state index is 12.9. The number of carbonyl (C=O) groups is 2. The van der Waals surface area contributed by atoms with E-state index in [0.29, 0.717) is 46.1 Å². The highest BCUT2D eigenvalue weighted by atomic mass is 35.5. The molecular weight excluding hydrogens is 567 g/mol. The molecule has 1 aliphatic rings. The van der Waals surface area contributed by atoms with Gasteiger partial charge in [0.05, 0.1) is 12.8 Å². The third-order valence-electron chi connectivity index (χ3n) is 5.05. The molecular formula is C27H21ClF3N5O3S. The maximum Gasteiger partial charge on any atom is 0.446 e. The van der Waals surface area contributed by atoms with E-state index in [0.717, 1.165) is 16.3 Å². The summed E-state index contributed by atoms with van der Waals surface area (Å²) >= 11 is 8.01. The molecule has 5 rings (SSSR count). The molecule has 3 N–H and O–H groups in total. The normalized spacial score (nSPS) is 12.5. The standard InChI is InChI=1S/C25H20ClN5O2S.C2HF3O/c26-22-15-27-25-30-19-11-16(24(32)29-17-5-2-1-3-6-17)12-20(13-19)33-9-10-34-21-8-4-7-18(14-21)28-23(22)31-25;3-2(4,5)1-6/h1-8,11-15H,9-10H2,(H,29,32)(H2,27,28,30,31);1H. The molecule has 6 bridgehead atoms. The summed E-state index contributed by atoms with van der Waals surface area (Å²) in [6.45, 7) is 0.474. The number of ether oxygens (including phenoxy) is 1. The lowest BCUT2D eigenvalue weighted by Crippen LogP contribution is -2.13. The van der Waals surface area contributed by atoms with Crippen molar-refractivity contribution >= 4 is 64.4 Å².